The number of rotatable bonds is 7. The topological polar surface area (TPSA) is 160 Å². The zero-order chi connectivity index (χ0) is 24.5. The maximum absolute atomic E-state index is 12.6. The van der Waals surface area contributed by atoms with Gasteiger partial charge in [-0.05, 0) is 29.7 Å². The van der Waals surface area contributed by atoms with E-state index < -0.39 is 24.5 Å². The molecule has 0 radical (unpaired) electrons. The van der Waals surface area contributed by atoms with Crippen LogP contribution in [0.3, 0.4) is 0 Å². The fraction of sp³-hybridized carbons (Fsp3) is 0.455. The number of nitrogens with one attached hydrogen (secondary N) is 2. The van der Waals surface area contributed by atoms with Gasteiger partial charge in [0.1, 0.15) is 24.1 Å². The third-order valence-electron chi connectivity index (χ3n) is 6.27. The van der Waals surface area contributed by atoms with Crippen molar-refractivity contribution in [3.8, 4) is 0 Å². The summed E-state index contributed by atoms with van der Waals surface area (Å²) < 4.78 is 7.49. The first-order chi connectivity index (χ1) is 16.9. The van der Waals surface area contributed by atoms with Crippen LogP contribution in [0.15, 0.2) is 30.9 Å². The van der Waals surface area contributed by atoms with E-state index >= 15 is 0 Å². The van der Waals surface area contributed by atoms with Crippen LogP contribution < -0.4 is 16.4 Å². The second-order valence-electron chi connectivity index (χ2n) is 8.55. The van der Waals surface area contributed by atoms with E-state index in [2.05, 4.69) is 25.6 Å². The SMILES string of the molecule is Nc1ncnc2c1ncn2[C@@H]1O[C@H](CSCCNC(=O)C2Cc3ccc(Cl)cc3CN2)[C@@H](O)[C@H]1O. The number of aliphatic hydroxyl groups excluding tert-OH is 2. The molecule has 11 nitrogen and oxygen atoms in total. The van der Waals surface area contributed by atoms with Crippen molar-refractivity contribution in [3.05, 3.63) is 47.0 Å². The van der Waals surface area contributed by atoms with Gasteiger partial charge in [0.25, 0.3) is 0 Å². The Hall–Kier alpha value is -2.48. The van der Waals surface area contributed by atoms with Gasteiger partial charge in [-0.2, -0.15) is 11.8 Å². The summed E-state index contributed by atoms with van der Waals surface area (Å²) in [6.07, 6.45) is -0.255. The van der Waals surface area contributed by atoms with E-state index in [0.29, 0.717) is 47.2 Å². The number of nitrogens with two attached hydrogens (primary N) is 1. The first-order valence-corrected chi connectivity index (χ1v) is 12.8. The lowest BCUT2D eigenvalue weighted by molar-refractivity contribution is -0.123. The van der Waals surface area contributed by atoms with Crippen LogP contribution >= 0.6 is 23.4 Å². The minimum Gasteiger partial charge on any atom is -0.387 e. The second-order valence-corrected chi connectivity index (χ2v) is 10.1. The molecule has 2 aliphatic heterocycles. The van der Waals surface area contributed by atoms with Gasteiger partial charge in [0.05, 0.1) is 18.5 Å². The standard InChI is InChI=1S/C22H26ClN7O4S/c23-13-2-1-11-6-14(26-7-12(11)5-13)21(33)25-3-4-35-8-15-17(31)18(32)22(34-15)30-10-29-16-19(24)27-9-28-20(16)30/h1-2,5,9-10,14-15,17-18,22,26,31-32H,3-4,6-8H2,(H,25,33)(H2,24,27,28)/t14?,15-,17-,18-,22-/m1/s1. The summed E-state index contributed by atoms with van der Waals surface area (Å²) >= 11 is 7.56. The normalized spacial score (nSPS) is 26.1. The predicted molar refractivity (Wildman–Crippen MR) is 132 cm³/mol. The van der Waals surface area contributed by atoms with Crippen molar-refractivity contribution in [3.63, 3.8) is 0 Å². The number of benzene rings is 1. The van der Waals surface area contributed by atoms with Crippen LogP contribution in [0.5, 0.6) is 0 Å². The first-order valence-electron chi connectivity index (χ1n) is 11.2. The van der Waals surface area contributed by atoms with Crippen molar-refractivity contribution < 1.29 is 19.7 Å². The number of hydrogen-bond donors (Lipinski definition) is 5. The van der Waals surface area contributed by atoms with Crippen LogP contribution in [0.4, 0.5) is 5.82 Å². The van der Waals surface area contributed by atoms with E-state index in [1.165, 1.54) is 24.4 Å². The minimum atomic E-state index is -1.15. The molecule has 3 aromatic rings. The van der Waals surface area contributed by atoms with E-state index in [4.69, 9.17) is 22.1 Å². The number of fused-ring (bicyclic) bond motifs is 2. The first kappa shape index (κ1) is 24.2. The highest BCUT2D eigenvalue weighted by molar-refractivity contribution is 7.99. The Balaban J connectivity index is 1.08. The molecule has 1 unspecified atom stereocenters. The molecule has 1 aromatic carbocycles. The van der Waals surface area contributed by atoms with Gasteiger partial charge < -0.3 is 31.3 Å². The van der Waals surface area contributed by atoms with Crippen LogP contribution in [0, 0.1) is 0 Å². The number of ether oxygens (including phenoxy) is 1. The molecule has 5 atom stereocenters. The van der Waals surface area contributed by atoms with Gasteiger partial charge in [0.2, 0.25) is 5.91 Å². The molecule has 2 aromatic heterocycles. The van der Waals surface area contributed by atoms with Crippen molar-refractivity contribution in [2.45, 2.75) is 43.5 Å². The van der Waals surface area contributed by atoms with Crippen LogP contribution in [0.1, 0.15) is 17.4 Å². The van der Waals surface area contributed by atoms with E-state index in [1.807, 2.05) is 18.2 Å². The van der Waals surface area contributed by atoms with Gasteiger partial charge in [-0.15, -0.1) is 0 Å². The Morgan fingerprint density at radius 1 is 1.29 bits per heavy atom. The molecule has 1 fully saturated rings. The number of carbonyl (C=O) groups excluding carboxylic acids is 1. The lowest BCUT2D eigenvalue weighted by atomic mass is 9.95. The van der Waals surface area contributed by atoms with Crippen molar-refractivity contribution in [2.75, 3.05) is 23.8 Å². The molecule has 0 aliphatic carbocycles. The highest BCUT2D eigenvalue weighted by atomic mass is 35.5. The van der Waals surface area contributed by atoms with Crippen molar-refractivity contribution in [2.24, 2.45) is 0 Å². The van der Waals surface area contributed by atoms with Gasteiger partial charge in [0, 0.05) is 29.6 Å². The van der Waals surface area contributed by atoms with E-state index in [1.54, 1.807) is 4.57 Å². The molecular formula is C22H26ClN7O4S. The highest BCUT2D eigenvalue weighted by Crippen LogP contribution is 2.33. The van der Waals surface area contributed by atoms with Gasteiger partial charge in [-0.1, -0.05) is 17.7 Å². The molecular weight excluding hydrogens is 494 g/mol. The minimum absolute atomic E-state index is 0.0490. The number of imidazole rings is 1. The summed E-state index contributed by atoms with van der Waals surface area (Å²) in [5.74, 6) is 1.26. The average Bonchev–Trinajstić information content (AvgIpc) is 3.40. The molecule has 6 N–H and O–H groups in total. The molecule has 5 rings (SSSR count). The Kier molecular flexibility index (Phi) is 7.09. The zero-order valence-corrected chi connectivity index (χ0v) is 20.2. The molecule has 0 saturated carbocycles. The molecule has 4 heterocycles. The van der Waals surface area contributed by atoms with Crippen LogP contribution in [-0.4, -0.2) is 78.0 Å². The third-order valence-corrected chi connectivity index (χ3v) is 7.57. The van der Waals surface area contributed by atoms with Crippen molar-refractivity contribution in [1.82, 2.24) is 30.2 Å². The number of aromatic nitrogens is 4. The van der Waals surface area contributed by atoms with Gasteiger partial charge in [-0.3, -0.25) is 9.36 Å². The number of aliphatic hydroxyl groups is 2. The van der Waals surface area contributed by atoms with E-state index in [0.717, 1.165) is 11.1 Å². The number of carbonyl (C=O) groups is 1. The maximum atomic E-state index is 12.6. The van der Waals surface area contributed by atoms with Crippen LogP contribution in [-0.2, 0) is 22.5 Å². The molecule has 0 bridgehead atoms. The average molecular weight is 520 g/mol. The summed E-state index contributed by atoms with van der Waals surface area (Å²) in [6.45, 7) is 1.08. The van der Waals surface area contributed by atoms with E-state index in [9.17, 15) is 15.0 Å². The molecule has 186 valence electrons. The monoisotopic (exact) mass is 519 g/mol. The summed E-state index contributed by atoms with van der Waals surface area (Å²) in [6, 6.07) is 5.45. The number of hydrogen-bond acceptors (Lipinski definition) is 10. The number of thioether (sulfide) groups is 1. The maximum Gasteiger partial charge on any atom is 0.237 e. The van der Waals surface area contributed by atoms with Gasteiger partial charge in [0.15, 0.2) is 17.7 Å². The number of halogens is 1. The summed E-state index contributed by atoms with van der Waals surface area (Å²) in [4.78, 5) is 24.8. The second kappa shape index (κ2) is 10.2. The summed E-state index contributed by atoms with van der Waals surface area (Å²) in [5, 5.41) is 28.0. The molecule has 1 saturated heterocycles. The molecule has 13 heteroatoms. The Bertz CT molecular complexity index is 1230. The Morgan fingerprint density at radius 3 is 3.00 bits per heavy atom. The van der Waals surface area contributed by atoms with Crippen molar-refractivity contribution >= 4 is 46.3 Å². The lowest BCUT2D eigenvalue weighted by Gasteiger charge is -2.25. The largest absolute Gasteiger partial charge is 0.387 e. The van der Waals surface area contributed by atoms with Crippen molar-refractivity contribution in [1.29, 1.82) is 0 Å². The predicted octanol–water partition coefficient (Wildman–Crippen LogP) is 0.245. The fourth-order valence-corrected chi connectivity index (χ4v) is 5.51. The summed E-state index contributed by atoms with van der Waals surface area (Å²) in [7, 11) is 0. The smallest absolute Gasteiger partial charge is 0.237 e. The third kappa shape index (κ3) is 4.95. The molecule has 2 aliphatic rings. The van der Waals surface area contributed by atoms with Gasteiger partial charge in [-0.25, -0.2) is 15.0 Å². The Morgan fingerprint density at radius 2 is 2.14 bits per heavy atom. The molecule has 1 amide bonds. The quantitative estimate of drug-likeness (QED) is 0.273. The van der Waals surface area contributed by atoms with E-state index in [-0.39, 0.29) is 17.8 Å². The molecule has 35 heavy (non-hydrogen) atoms. The Labute approximate surface area is 210 Å². The number of nitrogens with zero attached hydrogens (tertiary/aromatic N) is 4. The molecule has 0 spiro atoms. The number of anilines is 1. The number of nitrogen functional groups attached to an aromatic ring is 1. The van der Waals surface area contributed by atoms with Crippen LogP contribution in [0.25, 0.3) is 11.2 Å². The zero-order valence-electron chi connectivity index (χ0n) is 18.7. The lowest BCUT2D eigenvalue weighted by Crippen LogP contribution is -2.48. The van der Waals surface area contributed by atoms with Gasteiger partial charge >= 0.3 is 0 Å². The highest BCUT2D eigenvalue weighted by Gasteiger charge is 2.44. The van der Waals surface area contributed by atoms with Crippen LogP contribution in [0.2, 0.25) is 5.02 Å². The number of amides is 1. The summed E-state index contributed by atoms with van der Waals surface area (Å²) in [5.41, 5.74) is 8.90. The fourth-order valence-electron chi connectivity index (χ4n) is 4.39.